The number of hydrogen-bond acceptors (Lipinski definition) is 6. The van der Waals surface area contributed by atoms with E-state index in [-0.39, 0.29) is 29.3 Å². The van der Waals surface area contributed by atoms with E-state index in [9.17, 15) is 15.0 Å². The summed E-state index contributed by atoms with van der Waals surface area (Å²) in [5.74, 6) is 0.626. The number of aromatic hydroxyl groups is 1. The van der Waals surface area contributed by atoms with Crippen molar-refractivity contribution in [1.29, 1.82) is 0 Å². The molecule has 0 spiro atoms. The summed E-state index contributed by atoms with van der Waals surface area (Å²) in [4.78, 5) is 20.4. The number of para-hydroxylation sites is 1. The highest BCUT2D eigenvalue weighted by atomic mass is 127. The number of rotatable bonds is 9. The second-order valence-electron chi connectivity index (χ2n) is 13.0. The van der Waals surface area contributed by atoms with E-state index in [0.717, 1.165) is 22.8 Å². The first kappa shape index (κ1) is 31.8. The summed E-state index contributed by atoms with van der Waals surface area (Å²) < 4.78 is 7.26. The maximum Gasteiger partial charge on any atom is 0.240 e. The standard InChI is InChI=1S/C29H49IN2O5Si/c1-9-20-14-13-18(2)23(15-20)31-28(35)26-25(19(3)33)24(17-36-38(7,8)29(4,5)6)37-32(26)16-21-11-10-12-22(30)27(21)34/h10-12,18-20,23-26,33-34H,9,13-17H2,1-8H3,(H,31,35)/t18-,19-,20-,23-,24-,25+,26-/m0/s1. The highest BCUT2D eigenvalue weighted by Gasteiger charge is 2.51. The molecule has 1 aliphatic carbocycles. The van der Waals surface area contributed by atoms with Gasteiger partial charge in [-0.3, -0.25) is 9.63 Å². The Morgan fingerprint density at radius 3 is 2.61 bits per heavy atom. The molecule has 3 rings (SSSR count). The van der Waals surface area contributed by atoms with E-state index >= 15 is 0 Å². The number of phenols is 1. The van der Waals surface area contributed by atoms with Gasteiger partial charge in [-0.05, 0) is 78.4 Å². The lowest BCUT2D eigenvalue weighted by Crippen LogP contribution is -2.53. The van der Waals surface area contributed by atoms with Crippen molar-refractivity contribution >= 4 is 36.8 Å². The minimum absolute atomic E-state index is 0.0296. The van der Waals surface area contributed by atoms with Gasteiger partial charge in [0, 0.05) is 17.5 Å². The number of nitrogens with one attached hydrogen (secondary N) is 1. The van der Waals surface area contributed by atoms with Gasteiger partial charge in [0.05, 0.1) is 22.8 Å². The maximum atomic E-state index is 14.0. The first-order valence-electron chi connectivity index (χ1n) is 14.2. The van der Waals surface area contributed by atoms with E-state index in [1.165, 1.54) is 6.42 Å². The van der Waals surface area contributed by atoms with Crippen molar-refractivity contribution in [2.45, 2.75) is 116 Å². The normalized spacial score (nSPS) is 29.8. The topological polar surface area (TPSA) is 91.3 Å². The van der Waals surface area contributed by atoms with E-state index in [4.69, 9.17) is 9.26 Å². The monoisotopic (exact) mass is 660 g/mol. The number of carbonyl (C=O) groups excluding carboxylic acids is 1. The fourth-order valence-corrected chi connectivity index (χ4v) is 7.04. The summed E-state index contributed by atoms with van der Waals surface area (Å²) in [6.45, 7) is 17.7. The van der Waals surface area contributed by atoms with Crippen LogP contribution in [0.2, 0.25) is 18.1 Å². The third-order valence-corrected chi connectivity index (χ3v) is 14.6. The van der Waals surface area contributed by atoms with Crippen LogP contribution in [0, 0.1) is 21.3 Å². The Kier molecular flexibility index (Phi) is 10.8. The molecule has 38 heavy (non-hydrogen) atoms. The van der Waals surface area contributed by atoms with Crippen LogP contribution in [0.15, 0.2) is 18.2 Å². The van der Waals surface area contributed by atoms with Crippen LogP contribution in [-0.4, -0.2) is 60.4 Å². The molecular formula is C29H49IN2O5Si. The smallest absolute Gasteiger partial charge is 0.240 e. The van der Waals surface area contributed by atoms with Crippen molar-refractivity contribution in [3.8, 4) is 5.75 Å². The number of halogens is 1. The third-order valence-electron chi connectivity index (χ3n) is 9.22. The van der Waals surface area contributed by atoms with Gasteiger partial charge in [-0.1, -0.05) is 59.6 Å². The molecule has 1 heterocycles. The van der Waals surface area contributed by atoms with Gasteiger partial charge in [-0.15, -0.1) is 0 Å². The van der Waals surface area contributed by atoms with E-state index in [1.54, 1.807) is 12.0 Å². The van der Waals surface area contributed by atoms with Crippen LogP contribution >= 0.6 is 22.6 Å². The number of carbonyl (C=O) groups is 1. The second kappa shape index (κ2) is 12.8. The highest BCUT2D eigenvalue weighted by Crippen LogP contribution is 2.40. The predicted octanol–water partition coefficient (Wildman–Crippen LogP) is 5.83. The number of aliphatic hydroxyl groups excluding tert-OH is 1. The van der Waals surface area contributed by atoms with Gasteiger partial charge in [0.1, 0.15) is 17.9 Å². The summed E-state index contributed by atoms with van der Waals surface area (Å²) in [7, 11) is -2.08. The van der Waals surface area contributed by atoms with E-state index < -0.39 is 32.5 Å². The Balaban J connectivity index is 1.89. The summed E-state index contributed by atoms with van der Waals surface area (Å²) in [5, 5.41) is 26.7. The van der Waals surface area contributed by atoms with Crippen molar-refractivity contribution in [3.63, 3.8) is 0 Å². The first-order chi connectivity index (χ1) is 17.7. The van der Waals surface area contributed by atoms with Gasteiger partial charge in [0.25, 0.3) is 0 Å². The molecule has 1 saturated heterocycles. The Labute approximate surface area is 244 Å². The summed E-state index contributed by atoms with van der Waals surface area (Å²) in [6, 6.07) is 4.99. The SMILES string of the molecule is CC[C@H]1CC[C@H](C)[C@@H](NC(=O)[C@@H]2[C@H]([C@H](C)O)[C@H](CO[Si](C)(C)C(C)(C)C)ON2Cc2cccc(I)c2O)C1. The Bertz CT molecular complexity index is 953. The molecule has 1 saturated carbocycles. The molecular weight excluding hydrogens is 611 g/mol. The molecule has 216 valence electrons. The van der Waals surface area contributed by atoms with E-state index in [0.29, 0.717) is 24.0 Å². The average Bonchev–Trinajstić information content (AvgIpc) is 3.20. The summed E-state index contributed by atoms with van der Waals surface area (Å²) in [6.07, 6.45) is 3.15. The predicted molar refractivity (Wildman–Crippen MR) is 162 cm³/mol. The molecule has 7 nitrogen and oxygen atoms in total. The largest absolute Gasteiger partial charge is 0.507 e. The third kappa shape index (κ3) is 7.31. The number of hydrogen-bond donors (Lipinski definition) is 3. The molecule has 1 aliphatic heterocycles. The molecule has 3 N–H and O–H groups in total. The van der Waals surface area contributed by atoms with Gasteiger partial charge in [-0.2, -0.15) is 5.06 Å². The average molecular weight is 661 g/mol. The maximum absolute atomic E-state index is 14.0. The molecule has 1 aromatic rings. The molecule has 1 aromatic carbocycles. The lowest BCUT2D eigenvalue weighted by atomic mass is 9.78. The second-order valence-corrected chi connectivity index (χ2v) is 19.0. The molecule has 2 aliphatic rings. The van der Waals surface area contributed by atoms with Crippen LogP contribution in [0.3, 0.4) is 0 Å². The fourth-order valence-electron chi connectivity index (χ4n) is 5.47. The lowest BCUT2D eigenvalue weighted by molar-refractivity contribution is -0.181. The van der Waals surface area contributed by atoms with E-state index in [2.05, 4.69) is 75.6 Å². The van der Waals surface area contributed by atoms with Gasteiger partial charge in [-0.25, -0.2) is 0 Å². The van der Waals surface area contributed by atoms with Crippen LogP contribution in [-0.2, 0) is 20.6 Å². The van der Waals surface area contributed by atoms with Crippen molar-refractivity contribution in [3.05, 3.63) is 27.3 Å². The van der Waals surface area contributed by atoms with Crippen LogP contribution in [0.5, 0.6) is 5.75 Å². The first-order valence-corrected chi connectivity index (χ1v) is 18.2. The van der Waals surface area contributed by atoms with Gasteiger partial charge in [0.2, 0.25) is 5.91 Å². The lowest BCUT2D eigenvalue weighted by Gasteiger charge is -2.37. The van der Waals surface area contributed by atoms with Gasteiger partial charge in [0.15, 0.2) is 8.32 Å². The number of hydroxylamine groups is 2. The zero-order valence-electron chi connectivity index (χ0n) is 24.5. The molecule has 0 unspecified atom stereocenters. The van der Waals surface area contributed by atoms with Crippen molar-refractivity contribution < 1.29 is 24.3 Å². The molecule has 0 radical (unpaired) electrons. The molecule has 0 aromatic heterocycles. The number of nitrogens with zero attached hydrogens (tertiary/aromatic N) is 1. The Hall–Kier alpha value is -0.723. The Morgan fingerprint density at radius 1 is 1.32 bits per heavy atom. The molecule has 2 fully saturated rings. The zero-order chi connectivity index (χ0) is 28.4. The number of benzene rings is 1. The molecule has 9 heteroatoms. The summed E-state index contributed by atoms with van der Waals surface area (Å²) >= 11 is 2.10. The van der Waals surface area contributed by atoms with Crippen LogP contribution in [0.25, 0.3) is 0 Å². The van der Waals surface area contributed by atoms with Crippen LogP contribution < -0.4 is 5.32 Å². The minimum Gasteiger partial charge on any atom is -0.507 e. The van der Waals surface area contributed by atoms with Crippen LogP contribution in [0.1, 0.15) is 72.8 Å². The van der Waals surface area contributed by atoms with Crippen molar-refractivity contribution in [1.82, 2.24) is 10.4 Å². The molecule has 0 bridgehead atoms. The van der Waals surface area contributed by atoms with Gasteiger partial charge >= 0.3 is 0 Å². The summed E-state index contributed by atoms with van der Waals surface area (Å²) in [5.41, 5.74) is 0.682. The Morgan fingerprint density at radius 2 is 2.00 bits per heavy atom. The minimum atomic E-state index is -2.08. The molecule has 7 atom stereocenters. The number of aliphatic hydroxyl groups is 1. The van der Waals surface area contributed by atoms with Gasteiger partial charge < -0.3 is 20.0 Å². The fraction of sp³-hybridized carbons (Fsp3) is 0.759. The zero-order valence-corrected chi connectivity index (χ0v) is 27.6. The highest BCUT2D eigenvalue weighted by molar-refractivity contribution is 14.1. The molecule has 1 amide bonds. The van der Waals surface area contributed by atoms with Crippen molar-refractivity contribution in [2.75, 3.05) is 6.61 Å². The van der Waals surface area contributed by atoms with Crippen molar-refractivity contribution in [2.24, 2.45) is 17.8 Å². The number of phenolic OH excluding ortho intramolecular Hbond substituents is 1. The van der Waals surface area contributed by atoms with E-state index in [1.807, 2.05) is 18.2 Å². The quantitative estimate of drug-likeness (QED) is 0.228. The van der Waals surface area contributed by atoms with Crippen LogP contribution in [0.4, 0.5) is 0 Å². The number of amides is 1.